The highest BCUT2D eigenvalue weighted by Gasteiger charge is 2.38. The van der Waals surface area contributed by atoms with Crippen LogP contribution >= 0.6 is 11.8 Å². The maximum atomic E-state index is 12.8. The third-order valence-electron chi connectivity index (χ3n) is 3.90. The van der Waals surface area contributed by atoms with Crippen molar-refractivity contribution in [2.24, 2.45) is 5.92 Å². The van der Waals surface area contributed by atoms with E-state index in [1.54, 1.807) is 22.8 Å². The van der Waals surface area contributed by atoms with Gasteiger partial charge in [-0.15, -0.1) is 0 Å². The van der Waals surface area contributed by atoms with Gasteiger partial charge in [0.2, 0.25) is 0 Å². The molecule has 2 atom stereocenters. The Kier molecular flexibility index (Phi) is 4.72. The zero-order valence-corrected chi connectivity index (χ0v) is 15.2. The SMILES string of the molecule is CC(C)Cn1c(S[C@@H]2CS(=O)(=O)C[C@@H]2O)nc2ccccc2c1=O. The molecule has 0 amide bonds. The zero-order valence-electron chi connectivity index (χ0n) is 13.5. The van der Waals surface area contributed by atoms with Gasteiger partial charge in [-0.3, -0.25) is 9.36 Å². The quantitative estimate of drug-likeness (QED) is 0.819. The van der Waals surface area contributed by atoms with Gasteiger partial charge in [-0.25, -0.2) is 13.4 Å². The van der Waals surface area contributed by atoms with Gasteiger partial charge in [0.25, 0.3) is 5.56 Å². The number of nitrogens with zero attached hydrogens (tertiary/aromatic N) is 2. The lowest BCUT2D eigenvalue weighted by Gasteiger charge is -2.18. The van der Waals surface area contributed by atoms with Crippen molar-refractivity contribution >= 4 is 32.5 Å². The van der Waals surface area contributed by atoms with Crippen LogP contribution in [0.4, 0.5) is 0 Å². The predicted molar refractivity (Wildman–Crippen MR) is 95.1 cm³/mol. The number of sulfone groups is 1. The molecule has 0 unspecified atom stereocenters. The van der Waals surface area contributed by atoms with Crippen molar-refractivity contribution < 1.29 is 13.5 Å². The number of rotatable bonds is 4. The Morgan fingerprint density at radius 1 is 1.33 bits per heavy atom. The minimum absolute atomic E-state index is 0.0940. The molecule has 1 saturated heterocycles. The molecule has 8 heteroatoms. The van der Waals surface area contributed by atoms with Crippen molar-refractivity contribution in [1.82, 2.24) is 9.55 Å². The van der Waals surface area contributed by atoms with Crippen LogP contribution in [0.25, 0.3) is 10.9 Å². The van der Waals surface area contributed by atoms with Crippen LogP contribution in [0.3, 0.4) is 0 Å². The maximum Gasteiger partial charge on any atom is 0.262 e. The summed E-state index contributed by atoms with van der Waals surface area (Å²) < 4.78 is 25.0. The number of thioether (sulfide) groups is 1. The fourth-order valence-corrected chi connectivity index (χ4v) is 6.40. The summed E-state index contributed by atoms with van der Waals surface area (Å²) in [5, 5.41) is 10.5. The minimum Gasteiger partial charge on any atom is -0.391 e. The fraction of sp³-hybridized carbons (Fsp3) is 0.500. The first-order chi connectivity index (χ1) is 11.3. The Bertz CT molecular complexity index is 921. The van der Waals surface area contributed by atoms with Crippen molar-refractivity contribution in [3.05, 3.63) is 34.6 Å². The topological polar surface area (TPSA) is 89.3 Å². The Morgan fingerprint density at radius 2 is 2.04 bits per heavy atom. The molecule has 0 bridgehead atoms. The van der Waals surface area contributed by atoms with Crippen LogP contribution in [0.2, 0.25) is 0 Å². The molecule has 3 rings (SSSR count). The number of aromatic nitrogens is 2. The van der Waals surface area contributed by atoms with Crippen LogP contribution in [-0.2, 0) is 16.4 Å². The summed E-state index contributed by atoms with van der Waals surface area (Å²) in [5.74, 6) is -0.0854. The fourth-order valence-electron chi connectivity index (χ4n) is 2.81. The smallest absolute Gasteiger partial charge is 0.262 e. The lowest BCUT2D eigenvalue weighted by molar-refractivity contribution is 0.207. The van der Waals surface area contributed by atoms with E-state index in [2.05, 4.69) is 4.98 Å². The molecule has 130 valence electrons. The molecule has 0 saturated carbocycles. The normalized spacial score (nSPS) is 23.2. The molecule has 1 N–H and O–H groups in total. The number of aliphatic hydroxyl groups excluding tert-OH is 1. The highest BCUT2D eigenvalue weighted by atomic mass is 32.2. The third kappa shape index (κ3) is 3.50. The molecular weight excluding hydrogens is 348 g/mol. The van der Waals surface area contributed by atoms with Crippen LogP contribution in [0.1, 0.15) is 13.8 Å². The molecule has 0 aliphatic carbocycles. The monoisotopic (exact) mass is 368 g/mol. The Balaban J connectivity index is 2.07. The molecule has 6 nitrogen and oxygen atoms in total. The number of hydrogen-bond acceptors (Lipinski definition) is 6. The largest absolute Gasteiger partial charge is 0.391 e. The molecule has 0 spiro atoms. The van der Waals surface area contributed by atoms with Gasteiger partial charge in [-0.05, 0) is 18.1 Å². The summed E-state index contributed by atoms with van der Waals surface area (Å²) >= 11 is 1.18. The van der Waals surface area contributed by atoms with Crippen LogP contribution < -0.4 is 5.56 Å². The van der Waals surface area contributed by atoms with Gasteiger partial charge in [0.15, 0.2) is 15.0 Å². The zero-order chi connectivity index (χ0) is 17.5. The summed E-state index contributed by atoms with van der Waals surface area (Å²) in [5.41, 5.74) is 0.451. The van der Waals surface area contributed by atoms with Crippen molar-refractivity contribution in [3.63, 3.8) is 0 Å². The standard InChI is InChI=1S/C16H20N2O4S2/c1-10(2)7-18-15(20)11-5-3-4-6-12(11)17-16(18)23-14-9-24(21,22)8-13(14)19/h3-6,10,13-14,19H,7-9H2,1-2H3/t13-,14+/m0/s1. The summed E-state index contributed by atoms with van der Waals surface area (Å²) in [4.78, 5) is 17.4. The summed E-state index contributed by atoms with van der Waals surface area (Å²) in [6, 6.07) is 7.11. The Morgan fingerprint density at radius 3 is 2.67 bits per heavy atom. The van der Waals surface area contributed by atoms with Gasteiger partial charge in [-0.2, -0.15) is 0 Å². The maximum absolute atomic E-state index is 12.8. The number of hydrogen-bond donors (Lipinski definition) is 1. The lowest BCUT2D eigenvalue weighted by atomic mass is 10.2. The average molecular weight is 368 g/mol. The molecule has 1 aliphatic heterocycles. The van der Waals surface area contributed by atoms with Crippen LogP contribution in [0, 0.1) is 5.92 Å². The Hall–Kier alpha value is -1.38. The molecule has 1 aromatic heterocycles. The molecule has 24 heavy (non-hydrogen) atoms. The van der Waals surface area contributed by atoms with E-state index >= 15 is 0 Å². The van der Waals surface area contributed by atoms with Gasteiger partial charge in [0.1, 0.15) is 0 Å². The molecule has 2 heterocycles. The van der Waals surface area contributed by atoms with E-state index in [0.717, 1.165) is 0 Å². The molecule has 0 radical (unpaired) electrons. The summed E-state index contributed by atoms with van der Waals surface area (Å²) in [6.07, 6.45) is -0.934. The second-order valence-electron chi connectivity index (χ2n) is 6.52. The van der Waals surface area contributed by atoms with E-state index in [-0.39, 0.29) is 23.0 Å². The second kappa shape index (κ2) is 6.50. The third-order valence-corrected chi connectivity index (χ3v) is 7.14. The van der Waals surface area contributed by atoms with Crippen molar-refractivity contribution in [2.75, 3.05) is 11.5 Å². The van der Waals surface area contributed by atoms with Gasteiger partial charge < -0.3 is 5.11 Å². The van der Waals surface area contributed by atoms with Crippen LogP contribution in [0.15, 0.2) is 34.2 Å². The van der Waals surface area contributed by atoms with E-state index in [9.17, 15) is 18.3 Å². The van der Waals surface area contributed by atoms with Crippen LogP contribution in [-0.4, -0.2) is 45.9 Å². The van der Waals surface area contributed by atoms with Gasteiger partial charge in [0, 0.05) is 6.54 Å². The molecule has 2 aromatic rings. The van der Waals surface area contributed by atoms with E-state index in [4.69, 9.17) is 0 Å². The molecule has 1 aromatic carbocycles. The molecular formula is C16H20N2O4S2. The summed E-state index contributed by atoms with van der Waals surface area (Å²) in [7, 11) is -3.24. The van der Waals surface area contributed by atoms with E-state index < -0.39 is 21.2 Å². The second-order valence-corrected chi connectivity index (χ2v) is 9.88. The van der Waals surface area contributed by atoms with Crippen molar-refractivity contribution in [1.29, 1.82) is 0 Å². The van der Waals surface area contributed by atoms with Crippen molar-refractivity contribution in [3.8, 4) is 0 Å². The number of fused-ring (bicyclic) bond motifs is 1. The molecule has 1 fully saturated rings. The average Bonchev–Trinajstić information content (AvgIpc) is 2.75. The number of benzene rings is 1. The van der Waals surface area contributed by atoms with E-state index in [1.165, 1.54) is 11.8 Å². The highest BCUT2D eigenvalue weighted by molar-refractivity contribution is 8.01. The molecule has 1 aliphatic rings. The first-order valence-electron chi connectivity index (χ1n) is 7.81. The predicted octanol–water partition coefficient (Wildman–Crippen LogP) is 1.30. The van der Waals surface area contributed by atoms with E-state index in [1.807, 2.05) is 19.9 Å². The highest BCUT2D eigenvalue weighted by Crippen LogP contribution is 2.30. The van der Waals surface area contributed by atoms with Crippen molar-refractivity contribution in [2.45, 2.75) is 36.9 Å². The van der Waals surface area contributed by atoms with Gasteiger partial charge in [-0.1, -0.05) is 37.7 Å². The first-order valence-corrected chi connectivity index (χ1v) is 10.5. The summed E-state index contributed by atoms with van der Waals surface area (Å²) in [6.45, 7) is 4.50. The van der Waals surface area contributed by atoms with Crippen LogP contribution in [0.5, 0.6) is 0 Å². The van der Waals surface area contributed by atoms with Gasteiger partial charge in [0.05, 0.1) is 33.8 Å². The number of aliphatic hydroxyl groups is 1. The minimum atomic E-state index is -3.24. The first kappa shape index (κ1) is 17.4. The van der Waals surface area contributed by atoms with Gasteiger partial charge >= 0.3 is 0 Å². The van der Waals surface area contributed by atoms with E-state index in [0.29, 0.717) is 22.6 Å². The lowest BCUT2D eigenvalue weighted by Crippen LogP contribution is -2.28. The number of para-hydroxylation sites is 1. The Labute approximate surface area is 144 Å².